The third-order valence-corrected chi connectivity index (χ3v) is 4.72. The lowest BCUT2D eigenvalue weighted by molar-refractivity contribution is -0.142. The molecule has 1 aromatic rings. The van der Waals surface area contributed by atoms with Gasteiger partial charge in [0.05, 0.1) is 18.7 Å². The summed E-state index contributed by atoms with van der Waals surface area (Å²) in [6.07, 6.45) is 1.46. The number of methoxy groups -OCH3 is 1. The molecule has 3 amide bonds. The number of carbonyl (C=O) groups is 3. The van der Waals surface area contributed by atoms with Gasteiger partial charge in [-0.15, -0.1) is 0 Å². The van der Waals surface area contributed by atoms with Crippen molar-refractivity contribution < 1.29 is 24.2 Å². The van der Waals surface area contributed by atoms with Crippen LogP contribution in [0.4, 0.5) is 16.2 Å². The number of urea groups is 1. The molecule has 2 saturated heterocycles. The van der Waals surface area contributed by atoms with Gasteiger partial charge >= 0.3 is 12.0 Å². The summed E-state index contributed by atoms with van der Waals surface area (Å²) >= 11 is 0. The van der Waals surface area contributed by atoms with E-state index in [0.717, 1.165) is 5.69 Å². The fourth-order valence-corrected chi connectivity index (χ4v) is 3.26. The number of aliphatic carboxylic acids is 1. The van der Waals surface area contributed by atoms with Gasteiger partial charge in [-0.2, -0.15) is 0 Å². The van der Waals surface area contributed by atoms with Crippen LogP contribution in [0, 0.1) is 5.92 Å². The summed E-state index contributed by atoms with van der Waals surface area (Å²) in [5.74, 6) is -0.759. The average Bonchev–Trinajstić information content (AvgIpc) is 2.61. The lowest BCUT2D eigenvalue weighted by atomic mass is 9.96. The number of carboxylic acid groups (broad SMARTS) is 1. The van der Waals surface area contributed by atoms with E-state index in [9.17, 15) is 14.4 Å². The predicted molar refractivity (Wildman–Crippen MR) is 91.1 cm³/mol. The molecule has 0 aromatic heterocycles. The summed E-state index contributed by atoms with van der Waals surface area (Å²) in [6, 6.07) is 5.08. The van der Waals surface area contributed by atoms with Crippen LogP contribution in [0.5, 0.6) is 5.75 Å². The maximum absolute atomic E-state index is 12.0. The molecule has 0 unspecified atom stereocenters. The highest BCUT2D eigenvalue weighted by Crippen LogP contribution is 2.34. The summed E-state index contributed by atoms with van der Waals surface area (Å²) in [5, 5.41) is 11.4. The normalized spacial score (nSPS) is 18.9. The van der Waals surface area contributed by atoms with Crippen molar-refractivity contribution >= 4 is 29.3 Å². The van der Waals surface area contributed by atoms with Crippen LogP contribution in [-0.4, -0.2) is 49.8 Å². The number of anilines is 2. The van der Waals surface area contributed by atoms with Gasteiger partial charge in [-0.3, -0.25) is 19.8 Å². The van der Waals surface area contributed by atoms with Crippen LogP contribution in [0.2, 0.25) is 0 Å². The van der Waals surface area contributed by atoms with Gasteiger partial charge in [0.15, 0.2) is 0 Å². The van der Waals surface area contributed by atoms with Crippen LogP contribution in [0.1, 0.15) is 19.3 Å². The SMILES string of the molecule is COc1cc(N2CCC(C(=O)O)CC2)ccc1N1CCC(=O)NC1=O. The van der Waals surface area contributed by atoms with Crippen LogP contribution in [-0.2, 0) is 9.59 Å². The highest BCUT2D eigenvalue weighted by atomic mass is 16.5. The highest BCUT2D eigenvalue weighted by molar-refractivity contribution is 6.06. The smallest absolute Gasteiger partial charge is 0.328 e. The van der Waals surface area contributed by atoms with Crippen LogP contribution < -0.4 is 19.9 Å². The van der Waals surface area contributed by atoms with Crippen molar-refractivity contribution in [2.24, 2.45) is 5.92 Å². The maximum atomic E-state index is 12.0. The molecule has 8 heteroatoms. The zero-order valence-corrected chi connectivity index (χ0v) is 14.0. The van der Waals surface area contributed by atoms with Crippen molar-refractivity contribution in [1.82, 2.24) is 5.32 Å². The molecule has 2 aliphatic heterocycles. The van der Waals surface area contributed by atoms with Crippen molar-refractivity contribution in [3.63, 3.8) is 0 Å². The number of ether oxygens (including phenoxy) is 1. The zero-order valence-electron chi connectivity index (χ0n) is 14.0. The number of nitrogens with one attached hydrogen (secondary N) is 1. The van der Waals surface area contributed by atoms with E-state index in [1.165, 1.54) is 12.0 Å². The van der Waals surface area contributed by atoms with Gasteiger partial charge in [0.1, 0.15) is 5.75 Å². The minimum absolute atomic E-state index is 0.249. The number of hydrogen-bond donors (Lipinski definition) is 2. The van der Waals surface area contributed by atoms with E-state index in [2.05, 4.69) is 10.2 Å². The Morgan fingerprint density at radius 1 is 1.24 bits per heavy atom. The monoisotopic (exact) mass is 347 g/mol. The number of carboxylic acids is 1. The van der Waals surface area contributed by atoms with E-state index >= 15 is 0 Å². The fourth-order valence-electron chi connectivity index (χ4n) is 3.26. The maximum Gasteiger partial charge on any atom is 0.328 e. The minimum Gasteiger partial charge on any atom is -0.494 e. The van der Waals surface area contributed by atoms with Crippen molar-refractivity contribution in [2.45, 2.75) is 19.3 Å². The second-order valence-corrected chi connectivity index (χ2v) is 6.21. The number of benzene rings is 1. The van der Waals surface area contributed by atoms with Crippen molar-refractivity contribution in [2.75, 3.05) is 36.5 Å². The minimum atomic E-state index is -0.738. The molecule has 2 fully saturated rings. The molecule has 0 aliphatic carbocycles. The van der Waals surface area contributed by atoms with E-state index < -0.39 is 12.0 Å². The molecule has 2 aliphatic rings. The lowest BCUT2D eigenvalue weighted by Crippen LogP contribution is -2.49. The Balaban J connectivity index is 1.77. The van der Waals surface area contributed by atoms with E-state index in [1.807, 2.05) is 12.1 Å². The Hall–Kier alpha value is -2.77. The Kier molecular flexibility index (Phi) is 4.78. The largest absolute Gasteiger partial charge is 0.494 e. The van der Waals surface area contributed by atoms with Gasteiger partial charge in [0, 0.05) is 37.8 Å². The fraction of sp³-hybridized carbons (Fsp3) is 0.471. The molecule has 0 spiro atoms. The number of rotatable bonds is 4. The molecule has 0 atom stereocenters. The van der Waals surface area contributed by atoms with Gasteiger partial charge in [-0.05, 0) is 25.0 Å². The third-order valence-electron chi connectivity index (χ3n) is 4.72. The topological polar surface area (TPSA) is 99.2 Å². The Morgan fingerprint density at radius 3 is 2.56 bits per heavy atom. The second-order valence-electron chi connectivity index (χ2n) is 6.21. The van der Waals surface area contributed by atoms with Gasteiger partial charge in [0.2, 0.25) is 5.91 Å². The quantitative estimate of drug-likeness (QED) is 0.855. The molecule has 0 saturated carbocycles. The average molecular weight is 347 g/mol. The molecule has 25 heavy (non-hydrogen) atoms. The molecule has 3 rings (SSSR count). The Morgan fingerprint density at radius 2 is 1.96 bits per heavy atom. The summed E-state index contributed by atoms with van der Waals surface area (Å²) in [4.78, 5) is 38.0. The van der Waals surface area contributed by atoms with Crippen LogP contribution in [0.25, 0.3) is 0 Å². The molecular formula is C17H21N3O5. The standard InChI is InChI=1S/C17H21N3O5/c1-25-14-10-12(19-7-4-11(5-8-19)16(22)23)2-3-13(14)20-9-6-15(21)18-17(20)24/h2-3,10-11H,4-9H2,1H3,(H,22,23)(H,18,21,24). The lowest BCUT2D eigenvalue weighted by Gasteiger charge is -2.33. The number of piperidine rings is 1. The van der Waals surface area contributed by atoms with Gasteiger partial charge in [0.25, 0.3) is 0 Å². The summed E-state index contributed by atoms with van der Waals surface area (Å²) in [6.45, 7) is 1.64. The molecular weight excluding hydrogens is 326 g/mol. The van der Waals surface area contributed by atoms with Crippen LogP contribution >= 0.6 is 0 Å². The zero-order chi connectivity index (χ0) is 18.0. The first kappa shape index (κ1) is 17.1. The third kappa shape index (κ3) is 3.52. The molecule has 2 N–H and O–H groups in total. The summed E-state index contributed by atoms with van der Waals surface area (Å²) in [5.41, 5.74) is 1.54. The van der Waals surface area contributed by atoms with Crippen molar-refractivity contribution in [3.8, 4) is 5.75 Å². The molecule has 0 bridgehead atoms. The van der Waals surface area contributed by atoms with Gasteiger partial charge in [-0.1, -0.05) is 0 Å². The summed E-state index contributed by atoms with van der Waals surface area (Å²) < 4.78 is 5.44. The predicted octanol–water partition coefficient (Wildman–Crippen LogP) is 1.44. The number of hydrogen-bond acceptors (Lipinski definition) is 5. The first-order chi connectivity index (χ1) is 12.0. The first-order valence-corrected chi connectivity index (χ1v) is 8.26. The van der Waals surface area contributed by atoms with Crippen LogP contribution in [0.15, 0.2) is 18.2 Å². The van der Waals surface area contributed by atoms with Crippen molar-refractivity contribution in [3.05, 3.63) is 18.2 Å². The Labute approximate surface area is 145 Å². The van der Waals surface area contributed by atoms with Crippen LogP contribution in [0.3, 0.4) is 0 Å². The number of amides is 3. The highest BCUT2D eigenvalue weighted by Gasteiger charge is 2.28. The number of carbonyl (C=O) groups excluding carboxylic acids is 2. The van der Waals surface area contributed by atoms with E-state index in [4.69, 9.17) is 9.84 Å². The van der Waals surface area contributed by atoms with Gasteiger partial charge in [-0.25, -0.2) is 4.79 Å². The molecule has 2 heterocycles. The second kappa shape index (κ2) is 7.00. The molecule has 0 radical (unpaired) electrons. The molecule has 8 nitrogen and oxygen atoms in total. The Bertz CT molecular complexity index is 698. The molecule has 1 aromatic carbocycles. The van der Waals surface area contributed by atoms with E-state index in [-0.39, 0.29) is 18.2 Å². The first-order valence-electron chi connectivity index (χ1n) is 8.26. The van der Waals surface area contributed by atoms with E-state index in [0.29, 0.717) is 43.9 Å². The number of nitrogens with zero attached hydrogens (tertiary/aromatic N) is 2. The van der Waals surface area contributed by atoms with E-state index in [1.54, 1.807) is 6.07 Å². The molecule has 134 valence electrons. The van der Waals surface area contributed by atoms with Gasteiger partial charge < -0.3 is 14.7 Å². The number of imide groups is 1. The van der Waals surface area contributed by atoms with Crippen molar-refractivity contribution in [1.29, 1.82) is 0 Å². The summed E-state index contributed by atoms with van der Waals surface area (Å²) in [7, 11) is 1.53.